The van der Waals surface area contributed by atoms with Gasteiger partial charge in [-0.15, -0.1) is 0 Å². The molecule has 0 aliphatic heterocycles. The highest BCUT2D eigenvalue weighted by Crippen LogP contribution is 2.87. The number of hydrogen-bond donors (Lipinski definition) is 0. The Morgan fingerprint density at radius 1 is 0.889 bits per heavy atom. The van der Waals surface area contributed by atoms with Gasteiger partial charge in [-0.1, -0.05) is 12.2 Å². The molecule has 2 saturated carbocycles. The Labute approximate surface area is 171 Å². The van der Waals surface area contributed by atoms with Crippen LogP contribution in [-0.4, -0.2) is 37.7 Å². The summed E-state index contributed by atoms with van der Waals surface area (Å²) >= 11 is 6.56. The summed E-state index contributed by atoms with van der Waals surface area (Å²) in [6, 6.07) is 0. The van der Waals surface area contributed by atoms with Gasteiger partial charge in [0.05, 0.1) is 45.2 Å². The Morgan fingerprint density at radius 3 is 1.59 bits per heavy atom. The number of rotatable bonds is 2. The van der Waals surface area contributed by atoms with E-state index < -0.39 is 34.6 Å². The van der Waals surface area contributed by atoms with Crippen LogP contribution in [-0.2, 0) is 28.7 Å². The summed E-state index contributed by atoms with van der Waals surface area (Å²) in [5, 5.41) is 0. The van der Waals surface area contributed by atoms with Crippen LogP contribution in [0.25, 0.3) is 0 Å². The van der Waals surface area contributed by atoms with Crippen LogP contribution in [0, 0.1) is 34.5 Å². The molecule has 5 rings (SSSR count). The van der Waals surface area contributed by atoms with Gasteiger partial charge in [0.25, 0.3) is 0 Å². The van der Waals surface area contributed by atoms with Crippen molar-refractivity contribution in [3.8, 4) is 0 Å². The predicted octanol–water partition coefficient (Wildman–Crippen LogP) is 2.22. The molecule has 0 saturated heterocycles. The van der Waals surface area contributed by atoms with Gasteiger partial charge in [-0.25, -0.2) is 9.59 Å². The molecule has 5 aliphatic carbocycles. The zero-order chi connectivity index (χ0) is 19.5. The molecule has 6 nitrogen and oxygen atoms in total. The highest BCUT2D eigenvalue weighted by atomic mass is 79.9. The largest absolute Gasteiger partial charge is 0.466 e. The van der Waals surface area contributed by atoms with Crippen LogP contribution < -0.4 is 0 Å². The van der Waals surface area contributed by atoms with Gasteiger partial charge < -0.3 is 9.47 Å². The van der Waals surface area contributed by atoms with E-state index in [1.807, 2.05) is 12.2 Å². The minimum Gasteiger partial charge on any atom is -0.466 e. The van der Waals surface area contributed by atoms with E-state index in [9.17, 15) is 19.2 Å². The summed E-state index contributed by atoms with van der Waals surface area (Å²) in [5.74, 6) is -2.96. The van der Waals surface area contributed by atoms with Crippen molar-refractivity contribution in [2.75, 3.05) is 14.2 Å². The fourth-order valence-electron chi connectivity index (χ4n) is 6.67. The average Bonchev–Trinajstić information content (AvgIpc) is 3.21. The third kappa shape index (κ3) is 1.44. The number of carbonyl (C=O) groups excluding carboxylic acids is 4. The van der Waals surface area contributed by atoms with E-state index in [2.05, 4.69) is 31.9 Å². The van der Waals surface area contributed by atoms with Gasteiger partial charge in [0.2, 0.25) is 0 Å². The first kappa shape index (κ1) is 17.6. The first-order valence-electron chi connectivity index (χ1n) is 8.55. The third-order valence-electron chi connectivity index (χ3n) is 7.32. The summed E-state index contributed by atoms with van der Waals surface area (Å²) in [6.07, 6.45) is 4.62. The van der Waals surface area contributed by atoms with Crippen molar-refractivity contribution in [1.29, 1.82) is 0 Å². The number of esters is 2. The van der Waals surface area contributed by atoms with E-state index in [0.717, 1.165) is 0 Å². The fourth-order valence-corrected chi connectivity index (χ4v) is 7.69. The lowest BCUT2D eigenvalue weighted by Crippen LogP contribution is -2.80. The van der Waals surface area contributed by atoms with E-state index in [4.69, 9.17) is 9.47 Å². The lowest BCUT2D eigenvalue weighted by molar-refractivity contribution is -0.209. The van der Waals surface area contributed by atoms with Crippen molar-refractivity contribution in [3.05, 3.63) is 32.3 Å². The molecule has 0 aromatic carbocycles. The van der Waals surface area contributed by atoms with Crippen LogP contribution in [0.1, 0.15) is 6.42 Å². The number of ether oxygens (including phenoxy) is 2. The maximum atomic E-state index is 13.5. The van der Waals surface area contributed by atoms with Crippen molar-refractivity contribution in [2.24, 2.45) is 34.5 Å². The molecule has 0 radical (unpaired) electrons. The van der Waals surface area contributed by atoms with Gasteiger partial charge in [0.1, 0.15) is 0 Å². The maximum absolute atomic E-state index is 13.5. The van der Waals surface area contributed by atoms with E-state index in [-0.39, 0.29) is 43.5 Å². The number of methoxy groups -OCH3 is 2. The average molecular weight is 498 g/mol. The van der Waals surface area contributed by atoms with Gasteiger partial charge in [0, 0.05) is 11.8 Å². The monoisotopic (exact) mass is 496 g/mol. The highest BCUT2D eigenvalue weighted by molar-refractivity contribution is 9.14. The normalized spacial score (nSPS) is 43.0. The minimum atomic E-state index is -1.04. The molecule has 0 unspecified atom stereocenters. The molecule has 6 atom stereocenters. The lowest BCUT2D eigenvalue weighted by Gasteiger charge is -2.73. The third-order valence-corrected chi connectivity index (χ3v) is 9.36. The Morgan fingerprint density at radius 2 is 1.26 bits per heavy atom. The van der Waals surface area contributed by atoms with Crippen LogP contribution in [0.3, 0.4) is 0 Å². The Kier molecular flexibility index (Phi) is 3.30. The van der Waals surface area contributed by atoms with Gasteiger partial charge in [-0.2, -0.15) is 0 Å². The minimum absolute atomic E-state index is 0.146. The summed E-state index contributed by atoms with van der Waals surface area (Å²) in [4.78, 5) is 52.0. The SMILES string of the molecule is COC(=O)C1=C(C(=O)OC)[C@H]2[C@@H]1[C@]13C(=O)C(Br)=C(Br)C(=O)[C@]21[C@H]1C=C[C@@H]3C1. The van der Waals surface area contributed by atoms with Crippen molar-refractivity contribution >= 4 is 55.4 Å². The van der Waals surface area contributed by atoms with E-state index in [0.29, 0.717) is 6.42 Å². The van der Waals surface area contributed by atoms with Gasteiger partial charge >= 0.3 is 11.9 Å². The van der Waals surface area contributed by atoms with Crippen molar-refractivity contribution in [3.63, 3.8) is 0 Å². The van der Waals surface area contributed by atoms with Gasteiger partial charge in [-0.3, -0.25) is 9.59 Å². The summed E-state index contributed by atoms with van der Waals surface area (Å²) < 4.78 is 10.2. The second-order valence-electron chi connectivity index (χ2n) is 7.62. The quantitative estimate of drug-likeness (QED) is 0.429. The molecule has 0 N–H and O–H groups in total. The molecular formula is C19H14Br2O6. The molecule has 140 valence electrons. The summed E-state index contributed by atoms with van der Waals surface area (Å²) in [6.45, 7) is 0. The Balaban J connectivity index is 1.82. The summed E-state index contributed by atoms with van der Waals surface area (Å²) in [7, 11) is 2.48. The predicted molar refractivity (Wildman–Crippen MR) is 98.5 cm³/mol. The number of ketones is 2. The number of Topliss-reactive ketones (excluding diaryl/α,β-unsaturated/α-hetero) is 2. The molecule has 27 heavy (non-hydrogen) atoms. The van der Waals surface area contributed by atoms with Crippen LogP contribution in [0.15, 0.2) is 32.3 Å². The van der Waals surface area contributed by atoms with Crippen molar-refractivity contribution < 1.29 is 28.7 Å². The lowest BCUT2D eigenvalue weighted by atomic mass is 9.25. The first-order valence-corrected chi connectivity index (χ1v) is 10.1. The van der Waals surface area contributed by atoms with Crippen molar-refractivity contribution in [2.45, 2.75) is 6.42 Å². The Bertz CT molecular complexity index is 901. The highest BCUT2D eigenvalue weighted by Gasteiger charge is 2.91. The first-order chi connectivity index (χ1) is 12.8. The molecule has 0 spiro atoms. The standard InChI is InChI=1S/C19H14Br2O6/c1-26-16(24)8-9(17(25)27-2)11-10(8)18-6-3-4-7(5-6)19(11,18)15(23)13(21)12(20)14(18)22/h3-4,6-7,10-11H,5H2,1-2H3/t6-,7+,10-,11+,18-,19+. The number of carbonyl (C=O) groups is 4. The molecule has 2 bridgehead atoms. The second-order valence-corrected chi connectivity index (χ2v) is 9.21. The number of halogens is 2. The van der Waals surface area contributed by atoms with Crippen molar-refractivity contribution in [1.82, 2.24) is 0 Å². The van der Waals surface area contributed by atoms with Crippen LogP contribution >= 0.6 is 31.9 Å². The zero-order valence-electron chi connectivity index (χ0n) is 14.4. The van der Waals surface area contributed by atoms with Gasteiger partial charge in [0.15, 0.2) is 11.6 Å². The summed E-state index contributed by atoms with van der Waals surface area (Å²) in [5.41, 5.74) is -1.70. The van der Waals surface area contributed by atoms with Crippen LogP contribution in [0.4, 0.5) is 0 Å². The molecular weight excluding hydrogens is 484 g/mol. The Hall–Kier alpha value is -1.54. The molecule has 0 heterocycles. The molecule has 5 aliphatic rings. The molecule has 2 fully saturated rings. The molecule has 8 heteroatoms. The van der Waals surface area contributed by atoms with Crippen LogP contribution in [0.5, 0.6) is 0 Å². The number of fused-ring (bicyclic) bond motifs is 3. The zero-order valence-corrected chi connectivity index (χ0v) is 17.5. The smallest absolute Gasteiger partial charge is 0.334 e. The fraction of sp³-hybridized carbons (Fsp3) is 0.474. The van der Waals surface area contributed by atoms with Crippen LogP contribution in [0.2, 0.25) is 0 Å². The maximum Gasteiger partial charge on any atom is 0.334 e. The number of allylic oxidation sites excluding steroid dienone is 4. The molecule has 0 aromatic rings. The second kappa shape index (κ2) is 5.08. The van der Waals surface area contributed by atoms with Gasteiger partial charge in [-0.05, 0) is 50.1 Å². The number of hydrogen-bond acceptors (Lipinski definition) is 6. The molecule has 0 aromatic heterocycles. The topological polar surface area (TPSA) is 86.7 Å². The molecule has 0 amide bonds. The van der Waals surface area contributed by atoms with E-state index in [1.165, 1.54) is 14.2 Å². The van der Waals surface area contributed by atoms with E-state index >= 15 is 0 Å². The van der Waals surface area contributed by atoms with E-state index in [1.54, 1.807) is 0 Å².